The number of anilines is 1. The Morgan fingerprint density at radius 2 is 1.87 bits per heavy atom. The minimum Gasteiger partial charge on any atom is -0.338 e. The van der Waals surface area contributed by atoms with Crippen molar-refractivity contribution in [3.63, 3.8) is 0 Å². The van der Waals surface area contributed by atoms with Crippen LogP contribution in [-0.2, 0) is 11.2 Å². The highest BCUT2D eigenvalue weighted by Crippen LogP contribution is 2.17. The number of aryl methyl sites for hydroxylation is 1. The molecule has 126 valence electrons. The summed E-state index contributed by atoms with van der Waals surface area (Å²) < 4.78 is 0. The number of para-hydroxylation sites is 1. The lowest BCUT2D eigenvalue weighted by atomic mass is 9.96. The Labute approximate surface area is 138 Å². The van der Waals surface area contributed by atoms with Gasteiger partial charge < -0.3 is 16.0 Å². The lowest BCUT2D eigenvalue weighted by Crippen LogP contribution is -2.43. The standard InChI is InChI=1S/C18H27N3O2/c1-2-14-8-6-7-11-16(14)21-17(22)12-13-19-18(23)20-15-9-4-3-5-10-15/h6-8,11,15H,2-5,9-10,12-13H2,1H3,(H,21,22)(H2,19,20,23). The smallest absolute Gasteiger partial charge is 0.315 e. The number of hydrogen-bond acceptors (Lipinski definition) is 2. The monoisotopic (exact) mass is 317 g/mol. The quantitative estimate of drug-likeness (QED) is 0.754. The molecule has 1 aromatic carbocycles. The first kappa shape index (κ1) is 17.3. The van der Waals surface area contributed by atoms with Crippen LogP contribution in [0.25, 0.3) is 0 Å². The van der Waals surface area contributed by atoms with Gasteiger partial charge in [-0.05, 0) is 30.9 Å². The molecule has 5 heteroatoms. The number of rotatable bonds is 6. The van der Waals surface area contributed by atoms with E-state index >= 15 is 0 Å². The molecule has 1 fully saturated rings. The Morgan fingerprint density at radius 3 is 2.61 bits per heavy atom. The lowest BCUT2D eigenvalue weighted by Gasteiger charge is -2.22. The summed E-state index contributed by atoms with van der Waals surface area (Å²) in [4.78, 5) is 23.8. The molecule has 0 aromatic heterocycles. The van der Waals surface area contributed by atoms with Gasteiger partial charge in [0.2, 0.25) is 5.91 Å². The topological polar surface area (TPSA) is 70.2 Å². The van der Waals surface area contributed by atoms with Gasteiger partial charge in [0.1, 0.15) is 0 Å². The minimum absolute atomic E-state index is 0.0798. The van der Waals surface area contributed by atoms with Crippen LogP contribution >= 0.6 is 0 Å². The summed E-state index contributed by atoms with van der Waals surface area (Å²) in [6, 6.07) is 7.90. The zero-order valence-electron chi connectivity index (χ0n) is 13.9. The van der Waals surface area contributed by atoms with Crippen molar-refractivity contribution in [2.24, 2.45) is 0 Å². The molecule has 0 spiro atoms. The van der Waals surface area contributed by atoms with Crippen molar-refractivity contribution in [1.82, 2.24) is 10.6 Å². The van der Waals surface area contributed by atoms with Gasteiger partial charge in [-0.15, -0.1) is 0 Å². The predicted octanol–water partition coefficient (Wildman–Crippen LogP) is 3.21. The van der Waals surface area contributed by atoms with E-state index in [9.17, 15) is 9.59 Å². The van der Waals surface area contributed by atoms with E-state index in [1.165, 1.54) is 19.3 Å². The van der Waals surface area contributed by atoms with E-state index in [0.29, 0.717) is 6.54 Å². The van der Waals surface area contributed by atoms with Crippen LogP contribution < -0.4 is 16.0 Å². The molecule has 3 N–H and O–H groups in total. The van der Waals surface area contributed by atoms with Crippen LogP contribution in [0, 0.1) is 0 Å². The van der Waals surface area contributed by atoms with Crippen LogP contribution in [0.4, 0.5) is 10.5 Å². The van der Waals surface area contributed by atoms with Crippen LogP contribution in [0.15, 0.2) is 24.3 Å². The van der Waals surface area contributed by atoms with E-state index in [4.69, 9.17) is 0 Å². The van der Waals surface area contributed by atoms with Crippen molar-refractivity contribution < 1.29 is 9.59 Å². The summed E-state index contributed by atoms with van der Waals surface area (Å²) in [5.74, 6) is -0.0798. The van der Waals surface area contributed by atoms with Crippen molar-refractivity contribution in [2.45, 2.75) is 57.9 Å². The van der Waals surface area contributed by atoms with E-state index in [0.717, 1.165) is 30.5 Å². The van der Waals surface area contributed by atoms with Crippen LogP contribution in [0.5, 0.6) is 0 Å². The lowest BCUT2D eigenvalue weighted by molar-refractivity contribution is -0.116. The van der Waals surface area contributed by atoms with Crippen LogP contribution in [0.3, 0.4) is 0 Å². The van der Waals surface area contributed by atoms with Gasteiger partial charge in [0.25, 0.3) is 0 Å². The fourth-order valence-corrected chi connectivity index (χ4v) is 2.94. The Hall–Kier alpha value is -2.04. The molecule has 1 aromatic rings. The second kappa shape index (κ2) is 9.18. The summed E-state index contributed by atoms with van der Waals surface area (Å²) in [5.41, 5.74) is 1.97. The number of hydrogen-bond donors (Lipinski definition) is 3. The molecule has 1 saturated carbocycles. The van der Waals surface area contributed by atoms with Crippen molar-refractivity contribution >= 4 is 17.6 Å². The summed E-state index contributed by atoms with van der Waals surface area (Å²) in [6.45, 7) is 2.40. The first-order valence-electron chi connectivity index (χ1n) is 8.61. The number of carbonyl (C=O) groups is 2. The molecule has 0 atom stereocenters. The average molecular weight is 317 g/mol. The normalized spacial score (nSPS) is 15.0. The van der Waals surface area contributed by atoms with Crippen LogP contribution in [0.2, 0.25) is 0 Å². The SMILES string of the molecule is CCc1ccccc1NC(=O)CCNC(=O)NC1CCCCC1. The van der Waals surface area contributed by atoms with Crippen molar-refractivity contribution in [2.75, 3.05) is 11.9 Å². The molecule has 0 aliphatic heterocycles. The van der Waals surface area contributed by atoms with Gasteiger partial charge in [0, 0.05) is 24.7 Å². The highest BCUT2D eigenvalue weighted by atomic mass is 16.2. The maximum absolute atomic E-state index is 12.0. The van der Waals surface area contributed by atoms with Gasteiger partial charge in [-0.1, -0.05) is 44.4 Å². The summed E-state index contributed by atoms with van der Waals surface area (Å²) in [7, 11) is 0. The molecular weight excluding hydrogens is 290 g/mol. The molecular formula is C18H27N3O2. The molecule has 2 rings (SSSR count). The van der Waals surface area contributed by atoms with Gasteiger partial charge in [-0.2, -0.15) is 0 Å². The second-order valence-corrected chi connectivity index (χ2v) is 6.04. The van der Waals surface area contributed by atoms with E-state index in [1.807, 2.05) is 24.3 Å². The molecule has 0 radical (unpaired) electrons. The zero-order valence-corrected chi connectivity index (χ0v) is 13.9. The van der Waals surface area contributed by atoms with Gasteiger partial charge in [-0.3, -0.25) is 4.79 Å². The molecule has 3 amide bonds. The molecule has 0 heterocycles. The maximum atomic E-state index is 12.0. The fraction of sp³-hybridized carbons (Fsp3) is 0.556. The molecule has 1 aliphatic carbocycles. The largest absolute Gasteiger partial charge is 0.338 e. The number of benzene rings is 1. The number of urea groups is 1. The van der Waals surface area contributed by atoms with E-state index in [1.54, 1.807) is 0 Å². The number of amides is 3. The van der Waals surface area contributed by atoms with Gasteiger partial charge >= 0.3 is 6.03 Å². The maximum Gasteiger partial charge on any atom is 0.315 e. The minimum atomic E-state index is -0.168. The van der Waals surface area contributed by atoms with Gasteiger partial charge in [0.05, 0.1) is 0 Å². The molecule has 5 nitrogen and oxygen atoms in total. The van der Waals surface area contributed by atoms with Crippen LogP contribution in [-0.4, -0.2) is 24.5 Å². The summed E-state index contributed by atoms with van der Waals surface area (Å²) >= 11 is 0. The van der Waals surface area contributed by atoms with E-state index < -0.39 is 0 Å². The average Bonchev–Trinajstić information content (AvgIpc) is 2.56. The predicted molar refractivity (Wildman–Crippen MR) is 92.5 cm³/mol. The molecule has 1 aliphatic rings. The number of nitrogens with one attached hydrogen (secondary N) is 3. The van der Waals surface area contributed by atoms with Crippen molar-refractivity contribution in [3.8, 4) is 0 Å². The molecule has 0 bridgehead atoms. The first-order valence-corrected chi connectivity index (χ1v) is 8.61. The van der Waals surface area contributed by atoms with E-state index in [2.05, 4.69) is 22.9 Å². The Balaban J connectivity index is 1.67. The fourth-order valence-electron chi connectivity index (χ4n) is 2.94. The van der Waals surface area contributed by atoms with Crippen molar-refractivity contribution in [3.05, 3.63) is 29.8 Å². The van der Waals surface area contributed by atoms with Crippen molar-refractivity contribution in [1.29, 1.82) is 0 Å². The second-order valence-electron chi connectivity index (χ2n) is 6.04. The Bertz CT molecular complexity index is 525. The Kier molecular flexibility index (Phi) is 6.91. The van der Waals surface area contributed by atoms with E-state index in [-0.39, 0.29) is 24.4 Å². The van der Waals surface area contributed by atoms with Crippen LogP contribution in [0.1, 0.15) is 51.0 Å². The summed E-state index contributed by atoms with van der Waals surface area (Å²) in [5, 5.41) is 8.65. The highest BCUT2D eigenvalue weighted by Gasteiger charge is 2.15. The van der Waals surface area contributed by atoms with Gasteiger partial charge in [0.15, 0.2) is 0 Å². The van der Waals surface area contributed by atoms with Gasteiger partial charge in [-0.25, -0.2) is 4.79 Å². The first-order chi connectivity index (χ1) is 11.2. The third kappa shape index (κ3) is 5.93. The number of carbonyl (C=O) groups excluding carboxylic acids is 2. The Morgan fingerprint density at radius 1 is 1.13 bits per heavy atom. The highest BCUT2D eigenvalue weighted by molar-refractivity contribution is 5.91. The zero-order chi connectivity index (χ0) is 16.5. The third-order valence-electron chi connectivity index (χ3n) is 4.25. The molecule has 0 saturated heterocycles. The molecule has 23 heavy (non-hydrogen) atoms. The molecule has 0 unspecified atom stereocenters. The third-order valence-corrected chi connectivity index (χ3v) is 4.25. The summed E-state index contributed by atoms with van der Waals surface area (Å²) in [6.07, 6.45) is 6.89.